The van der Waals surface area contributed by atoms with Gasteiger partial charge in [-0.1, -0.05) is 39.8 Å². The van der Waals surface area contributed by atoms with E-state index in [0.717, 1.165) is 6.42 Å². The van der Waals surface area contributed by atoms with E-state index in [9.17, 15) is 4.79 Å². The molecule has 1 aliphatic rings. The molecule has 0 aromatic carbocycles. The maximum absolute atomic E-state index is 11.8. The van der Waals surface area contributed by atoms with Gasteiger partial charge in [-0.05, 0) is 17.8 Å². The first-order valence-corrected chi connectivity index (χ1v) is 5.18. The van der Waals surface area contributed by atoms with E-state index in [4.69, 9.17) is 0 Å². The van der Waals surface area contributed by atoms with Crippen molar-refractivity contribution < 1.29 is 4.79 Å². The third-order valence-electron chi connectivity index (χ3n) is 3.15. The summed E-state index contributed by atoms with van der Waals surface area (Å²) in [7, 11) is 0. The summed E-state index contributed by atoms with van der Waals surface area (Å²) >= 11 is 0. The van der Waals surface area contributed by atoms with Gasteiger partial charge in [0.2, 0.25) is 0 Å². The van der Waals surface area contributed by atoms with Gasteiger partial charge < -0.3 is 0 Å². The Morgan fingerprint density at radius 2 is 2.15 bits per heavy atom. The first kappa shape index (κ1) is 10.5. The van der Waals surface area contributed by atoms with Gasteiger partial charge in [-0.3, -0.25) is 4.79 Å². The molecule has 0 N–H and O–H groups in total. The van der Waals surface area contributed by atoms with E-state index < -0.39 is 0 Å². The predicted molar refractivity (Wildman–Crippen MR) is 55.5 cm³/mol. The third-order valence-corrected chi connectivity index (χ3v) is 3.15. The van der Waals surface area contributed by atoms with E-state index in [0.29, 0.717) is 18.1 Å². The molecule has 0 saturated heterocycles. The Balaban J connectivity index is 2.90. The molecule has 13 heavy (non-hydrogen) atoms. The van der Waals surface area contributed by atoms with Crippen LogP contribution in [0.5, 0.6) is 0 Å². The van der Waals surface area contributed by atoms with E-state index in [1.807, 2.05) is 6.92 Å². The van der Waals surface area contributed by atoms with Crippen LogP contribution in [0.1, 0.15) is 40.5 Å². The van der Waals surface area contributed by atoms with Gasteiger partial charge in [0.15, 0.2) is 0 Å². The smallest absolute Gasteiger partial charge is 0.136 e. The van der Waals surface area contributed by atoms with Crippen molar-refractivity contribution in [3.05, 3.63) is 12.2 Å². The molecule has 1 aliphatic carbocycles. The lowest BCUT2D eigenvalue weighted by molar-refractivity contribution is -0.127. The van der Waals surface area contributed by atoms with E-state index in [-0.39, 0.29) is 11.3 Å². The Bertz CT molecular complexity index is 225. The first-order chi connectivity index (χ1) is 5.99. The highest BCUT2D eigenvalue weighted by Crippen LogP contribution is 2.41. The molecule has 0 saturated carbocycles. The van der Waals surface area contributed by atoms with Crippen LogP contribution in [0, 0.1) is 17.3 Å². The quantitative estimate of drug-likeness (QED) is 0.596. The van der Waals surface area contributed by atoms with Crippen LogP contribution in [0.15, 0.2) is 12.2 Å². The summed E-state index contributed by atoms with van der Waals surface area (Å²) < 4.78 is 0. The molecule has 2 unspecified atom stereocenters. The molecular formula is C12H20O. The Morgan fingerprint density at radius 1 is 1.54 bits per heavy atom. The molecule has 0 radical (unpaired) electrons. The highest BCUT2D eigenvalue weighted by molar-refractivity contribution is 5.82. The highest BCUT2D eigenvalue weighted by Gasteiger charge is 2.38. The van der Waals surface area contributed by atoms with Crippen molar-refractivity contribution in [1.82, 2.24) is 0 Å². The molecule has 0 heterocycles. The van der Waals surface area contributed by atoms with Gasteiger partial charge in [0.1, 0.15) is 5.78 Å². The van der Waals surface area contributed by atoms with Crippen LogP contribution in [0.25, 0.3) is 0 Å². The summed E-state index contributed by atoms with van der Waals surface area (Å²) in [5, 5.41) is 0. The van der Waals surface area contributed by atoms with Crippen molar-refractivity contribution in [3.63, 3.8) is 0 Å². The average molecular weight is 180 g/mol. The second kappa shape index (κ2) is 3.65. The maximum atomic E-state index is 11.8. The molecule has 0 spiro atoms. The lowest BCUT2D eigenvalue weighted by atomic mass is 9.65. The topological polar surface area (TPSA) is 17.1 Å². The molecule has 1 rings (SSSR count). The number of hydrogen-bond acceptors (Lipinski definition) is 1. The molecule has 0 aromatic rings. The van der Waals surface area contributed by atoms with Crippen molar-refractivity contribution in [1.29, 1.82) is 0 Å². The Morgan fingerprint density at radius 3 is 2.62 bits per heavy atom. The number of allylic oxidation sites excluding steroid dienone is 2. The molecule has 2 atom stereocenters. The summed E-state index contributed by atoms with van der Waals surface area (Å²) in [6.45, 7) is 8.51. The summed E-state index contributed by atoms with van der Waals surface area (Å²) in [5.41, 5.74) is 0.154. The number of carbonyl (C=O) groups excluding carboxylic acids is 1. The van der Waals surface area contributed by atoms with Crippen molar-refractivity contribution in [2.75, 3.05) is 0 Å². The molecule has 0 bridgehead atoms. The van der Waals surface area contributed by atoms with Crippen molar-refractivity contribution >= 4 is 5.78 Å². The second-order valence-electron chi connectivity index (χ2n) is 4.78. The fraction of sp³-hybridized carbons (Fsp3) is 0.750. The molecule has 1 heteroatoms. The highest BCUT2D eigenvalue weighted by atomic mass is 16.1. The van der Waals surface area contributed by atoms with Crippen molar-refractivity contribution in [2.24, 2.45) is 17.3 Å². The lowest BCUT2D eigenvalue weighted by Gasteiger charge is -2.38. The minimum absolute atomic E-state index is 0.154. The minimum atomic E-state index is 0.154. The Kier molecular flexibility index (Phi) is 2.94. The van der Waals surface area contributed by atoms with E-state index in [2.05, 4.69) is 32.9 Å². The first-order valence-electron chi connectivity index (χ1n) is 5.18. The van der Waals surface area contributed by atoms with E-state index >= 15 is 0 Å². The van der Waals surface area contributed by atoms with Crippen molar-refractivity contribution in [2.45, 2.75) is 40.5 Å². The number of rotatable bonds is 2. The van der Waals surface area contributed by atoms with Gasteiger partial charge in [0.25, 0.3) is 0 Å². The standard InChI is InChI=1S/C12H20O/c1-5-10(13)11-9(2)7-6-8-12(11,3)4/h6-7,9,11H,5,8H2,1-4H3. The van der Waals surface area contributed by atoms with Crippen LogP contribution >= 0.6 is 0 Å². The molecule has 0 fully saturated rings. The Labute approximate surface area is 81.2 Å². The minimum Gasteiger partial charge on any atom is -0.299 e. The molecule has 0 aromatic heterocycles. The van der Waals surface area contributed by atoms with Crippen LogP contribution in [0.4, 0.5) is 0 Å². The summed E-state index contributed by atoms with van der Waals surface area (Å²) in [5.74, 6) is 1.06. The fourth-order valence-electron chi connectivity index (χ4n) is 2.49. The zero-order valence-corrected chi connectivity index (χ0v) is 9.13. The monoisotopic (exact) mass is 180 g/mol. The maximum Gasteiger partial charge on any atom is 0.136 e. The zero-order valence-electron chi connectivity index (χ0n) is 9.13. The van der Waals surface area contributed by atoms with Crippen LogP contribution in [-0.4, -0.2) is 5.78 Å². The van der Waals surface area contributed by atoms with Gasteiger partial charge in [-0.2, -0.15) is 0 Å². The summed E-state index contributed by atoms with van der Waals surface area (Å²) in [6, 6.07) is 0. The molecule has 74 valence electrons. The van der Waals surface area contributed by atoms with Crippen LogP contribution < -0.4 is 0 Å². The van der Waals surface area contributed by atoms with Gasteiger partial charge in [-0.15, -0.1) is 0 Å². The van der Waals surface area contributed by atoms with Crippen molar-refractivity contribution in [3.8, 4) is 0 Å². The second-order valence-corrected chi connectivity index (χ2v) is 4.78. The molecule has 1 nitrogen and oxygen atoms in total. The normalized spacial score (nSPS) is 31.7. The molecule has 0 aliphatic heterocycles. The molecule has 0 amide bonds. The SMILES string of the molecule is CCC(=O)C1C(C)C=CCC1(C)C. The Hall–Kier alpha value is -0.590. The van der Waals surface area contributed by atoms with Gasteiger partial charge in [0, 0.05) is 12.3 Å². The predicted octanol–water partition coefficient (Wildman–Crippen LogP) is 3.20. The fourth-order valence-corrected chi connectivity index (χ4v) is 2.49. The largest absolute Gasteiger partial charge is 0.299 e. The number of ketones is 1. The van der Waals surface area contributed by atoms with Crippen LogP contribution in [-0.2, 0) is 4.79 Å². The van der Waals surface area contributed by atoms with E-state index in [1.54, 1.807) is 0 Å². The van der Waals surface area contributed by atoms with Gasteiger partial charge >= 0.3 is 0 Å². The molecular weight excluding hydrogens is 160 g/mol. The zero-order chi connectivity index (χ0) is 10.1. The van der Waals surface area contributed by atoms with Crippen LogP contribution in [0.2, 0.25) is 0 Å². The van der Waals surface area contributed by atoms with Crippen LogP contribution in [0.3, 0.4) is 0 Å². The number of carbonyl (C=O) groups is 1. The number of hydrogen-bond donors (Lipinski definition) is 0. The summed E-state index contributed by atoms with van der Waals surface area (Å²) in [4.78, 5) is 11.8. The van der Waals surface area contributed by atoms with E-state index in [1.165, 1.54) is 0 Å². The lowest BCUT2D eigenvalue weighted by Crippen LogP contribution is -2.36. The third kappa shape index (κ3) is 2.01. The average Bonchev–Trinajstić information content (AvgIpc) is 2.02. The van der Waals surface area contributed by atoms with Gasteiger partial charge in [0.05, 0.1) is 0 Å². The summed E-state index contributed by atoms with van der Waals surface area (Å²) in [6.07, 6.45) is 6.10. The van der Waals surface area contributed by atoms with Gasteiger partial charge in [-0.25, -0.2) is 0 Å². The number of Topliss-reactive ketones (excluding diaryl/α,β-unsaturated/α-hetero) is 1.